The van der Waals surface area contributed by atoms with Crippen LogP contribution in [0, 0.1) is 5.92 Å². The summed E-state index contributed by atoms with van der Waals surface area (Å²) in [7, 11) is 0. The Hall–Kier alpha value is -1.69. The van der Waals surface area contributed by atoms with Gasteiger partial charge in [-0.15, -0.1) is 5.10 Å². The summed E-state index contributed by atoms with van der Waals surface area (Å²) in [6, 6.07) is 8.24. The molecule has 0 N–H and O–H groups in total. The fourth-order valence-corrected chi connectivity index (χ4v) is 3.00. The van der Waals surface area contributed by atoms with Gasteiger partial charge in [-0.3, -0.25) is 9.48 Å². The van der Waals surface area contributed by atoms with Gasteiger partial charge in [0.1, 0.15) is 0 Å². The molecule has 0 saturated carbocycles. The third kappa shape index (κ3) is 3.00. The fraction of sp³-hybridized carbons (Fsp3) is 0.400. The van der Waals surface area contributed by atoms with Gasteiger partial charge in [0.05, 0.1) is 6.20 Å². The Bertz CT molecular complexity index is 649. The van der Waals surface area contributed by atoms with Gasteiger partial charge in [-0.1, -0.05) is 39.3 Å². The van der Waals surface area contributed by atoms with Gasteiger partial charge in [-0.2, -0.15) is 0 Å². The molecule has 0 radical (unpaired) electrons. The molecule has 0 unspecified atom stereocenters. The van der Waals surface area contributed by atoms with Gasteiger partial charge in [-0.05, 0) is 30.9 Å². The lowest BCUT2D eigenvalue weighted by Crippen LogP contribution is -2.50. The average molecular weight is 349 g/mol. The highest BCUT2D eigenvalue weighted by Crippen LogP contribution is 2.25. The Labute approximate surface area is 132 Å². The molecule has 0 aliphatic carbocycles. The van der Waals surface area contributed by atoms with Crippen molar-refractivity contribution in [1.82, 2.24) is 19.9 Å². The van der Waals surface area contributed by atoms with E-state index in [1.165, 1.54) is 5.56 Å². The molecule has 0 bridgehead atoms. The molecule has 2 aromatic rings. The van der Waals surface area contributed by atoms with E-state index in [-0.39, 0.29) is 5.91 Å². The van der Waals surface area contributed by atoms with E-state index in [1.54, 1.807) is 10.9 Å². The summed E-state index contributed by atoms with van der Waals surface area (Å²) in [6.07, 6.45) is 2.70. The molecule has 1 aliphatic heterocycles. The second-order valence-corrected chi connectivity index (χ2v) is 6.19. The van der Waals surface area contributed by atoms with Gasteiger partial charge in [0.2, 0.25) is 0 Å². The Balaban J connectivity index is 1.56. The summed E-state index contributed by atoms with van der Waals surface area (Å²) in [6.45, 7) is 4.28. The SMILES string of the molecule is CCn1cc(C(=O)N2CC(Cc3ccccc3Br)C2)nn1. The number of carbonyl (C=O) groups excluding carboxylic acids is 1. The van der Waals surface area contributed by atoms with Crippen LogP contribution in [0.15, 0.2) is 34.9 Å². The summed E-state index contributed by atoms with van der Waals surface area (Å²) in [5.74, 6) is 0.506. The third-order valence-corrected chi connectivity index (χ3v) is 4.57. The molecule has 3 rings (SSSR count). The highest BCUT2D eigenvalue weighted by molar-refractivity contribution is 9.10. The monoisotopic (exact) mass is 348 g/mol. The number of hydrogen-bond acceptors (Lipinski definition) is 3. The minimum atomic E-state index is -0.0157. The molecule has 2 heterocycles. The maximum atomic E-state index is 12.2. The van der Waals surface area contributed by atoms with Crippen LogP contribution in [0.4, 0.5) is 0 Å². The van der Waals surface area contributed by atoms with E-state index < -0.39 is 0 Å². The number of likely N-dealkylation sites (tertiary alicyclic amines) is 1. The Morgan fingerprint density at radius 3 is 2.81 bits per heavy atom. The van der Waals surface area contributed by atoms with Crippen molar-refractivity contribution in [2.24, 2.45) is 5.92 Å². The van der Waals surface area contributed by atoms with E-state index >= 15 is 0 Å². The molecule has 1 amide bonds. The average Bonchev–Trinajstić information content (AvgIpc) is 2.92. The van der Waals surface area contributed by atoms with Crippen molar-refractivity contribution in [3.8, 4) is 0 Å². The maximum absolute atomic E-state index is 12.2. The lowest BCUT2D eigenvalue weighted by atomic mass is 9.92. The van der Waals surface area contributed by atoms with E-state index in [0.717, 1.165) is 30.5 Å². The van der Waals surface area contributed by atoms with Gasteiger partial charge in [0.15, 0.2) is 5.69 Å². The van der Waals surface area contributed by atoms with Crippen LogP contribution in [-0.2, 0) is 13.0 Å². The Morgan fingerprint density at radius 2 is 2.14 bits per heavy atom. The lowest BCUT2D eigenvalue weighted by Gasteiger charge is -2.39. The molecule has 1 fully saturated rings. The summed E-state index contributed by atoms with van der Waals surface area (Å²) in [4.78, 5) is 14.1. The highest BCUT2D eigenvalue weighted by atomic mass is 79.9. The van der Waals surface area contributed by atoms with E-state index in [2.05, 4.69) is 38.4 Å². The van der Waals surface area contributed by atoms with Crippen molar-refractivity contribution < 1.29 is 4.79 Å². The minimum Gasteiger partial charge on any atom is -0.336 e. The van der Waals surface area contributed by atoms with E-state index in [9.17, 15) is 4.79 Å². The van der Waals surface area contributed by atoms with Crippen LogP contribution in [0.3, 0.4) is 0 Å². The molecular formula is C15H17BrN4O. The first-order valence-electron chi connectivity index (χ1n) is 7.10. The fourth-order valence-electron chi connectivity index (χ4n) is 2.55. The zero-order valence-corrected chi connectivity index (χ0v) is 13.5. The van der Waals surface area contributed by atoms with Crippen LogP contribution in [0.5, 0.6) is 0 Å². The van der Waals surface area contributed by atoms with Crippen LogP contribution < -0.4 is 0 Å². The molecule has 0 atom stereocenters. The molecule has 6 heteroatoms. The number of aryl methyl sites for hydroxylation is 1. The van der Waals surface area contributed by atoms with E-state index in [0.29, 0.717) is 11.6 Å². The second kappa shape index (κ2) is 5.97. The highest BCUT2D eigenvalue weighted by Gasteiger charge is 2.32. The van der Waals surface area contributed by atoms with Gasteiger partial charge in [-0.25, -0.2) is 0 Å². The molecule has 1 aliphatic rings. The number of halogens is 1. The summed E-state index contributed by atoms with van der Waals surface area (Å²) < 4.78 is 2.81. The minimum absolute atomic E-state index is 0.0157. The summed E-state index contributed by atoms with van der Waals surface area (Å²) in [5, 5.41) is 7.84. The smallest absolute Gasteiger partial charge is 0.276 e. The standard InChI is InChI=1S/C15H17BrN4O/c1-2-20-10-14(17-18-20)15(21)19-8-11(9-19)7-12-5-3-4-6-13(12)16/h3-6,10-11H,2,7-9H2,1H3. The lowest BCUT2D eigenvalue weighted by molar-refractivity contribution is 0.0494. The topological polar surface area (TPSA) is 51.0 Å². The predicted octanol–water partition coefficient (Wildman–Crippen LogP) is 2.38. The number of nitrogens with zero attached hydrogens (tertiary/aromatic N) is 4. The summed E-state index contributed by atoms with van der Waals surface area (Å²) >= 11 is 3.57. The number of carbonyl (C=O) groups is 1. The first kappa shape index (κ1) is 14.3. The van der Waals surface area contributed by atoms with E-state index in [4.69, 9.17) is 0 Å². The zero-order chi connectivity index (χ0) is 14.8. The number of benzene rings is 1. The first-order valence-corrected chi connectivity index (χ1v) is 7.89. The third-order valence-electron chi connectivity index (χ3n) is 3.79. The largest absolute Gasteiger partial charge is 0.336 e. The first-order chi connectivity index (χ1) is 10.2. The van der Waals surface area contributed by atoms with Crippen molar-refractivity contribution in [1.29, 1.82) is 0 Å². The van der Waals surface area contributed by atoms with Gasteiger partial charge in [0.25, 0.3) is 5.91 Å². The van der Waals surface area contributed by atoms with Gasteiger partial charge >= 0.3 is 0 Å². The van der Waals surface area contributed by atoms with Crippen LogP contribution in [-0.4, -0.2) is 38.9 Å². The summed E-state index contributed by atoms with van der Waals surface area (Å²) in [5.41, 5.74) is 1.74. The van der Waals surface area contributed by atoms with Crippen molar-refractivity contribution in [2.75, 3.05) is 13.1 Å². The second-order valence-electron chi connectivity index (χ2n) is 5.33. The van der Waals surface area contributed by atoms with Crippen molar-refractivity contribution in [3.63, 3.8) is 0 Å². The van der Waals surface area contributed by atoms with Crippen LogP contribution in [0.2, 0.25) is 0 Å². The van der Waals surface area contributed by atoms with Crippen molar-refractivity contribution in [3.05, 3.63) is 46.2 Å². The number of rotatable bonds is 4. The molecule has 1 saturated heterocycles. The van der Waals surface area contributed by atoms with Crippen LogP contribution in [0.25, 0.3) is 0 Å². The van der Waals surface area contributed by atoms with Gasteiger partial charge < -0.3 is 4.90 Å². The Kier molecular flexibility index (Phi) is 4.05. The molecule has 5 nitrogen and oxygen atoms in total. The molecular weight excluding hydrogens is 332 g/mol. The maximum Gasteiger partial charge on any atom is 0.276 e. The molecule has 110 valence electrons. The molecule has 0 spiro atoms. The number of hydrogen-bond donors (Lipinski definition) is 0. The molecule has 1 aromatic carbocycles. The van der Waals surface area contributed by atoms with E-state index in [1.807, 2.05) is 24.0 Å². The quantitative estimate of drug-likeness (QED) is 0.852. The zero-order valence-electron chi connectivity index (χ0n) is 11.9. The van der Waals surface area contributed by atoms with Crippen molar-refractivity contribution >= 4 is 21.8 Å². The Morgan fingerprint density at radius 1 is 1.38 bits per heavy atom. The van der Waals surface area contributed by atoms with Crippen LogP contribution in [0.1, 0.15) is 23.0 Å². The predicted molar refractivity (Wildman–Crippen MR) is 82.9 cm³/mol. The molecule has 21 heavy (non-hydrogen) atoms. The van der Waals surface area contributed by atoms with Crippen molar-refractivity contribution in [2.45, 2.75) is 19.9 Å². The van der Waals surface area contributed by atoms with Gasteiger partial charge in [0, 0.05) is 24.1 Å². The number of aromatic nitrogens is 3. The normalized spacial score (nSPS) is 15.0. The van der Waals surface area contributed by atoms with Crippen LogP contribution >= 0.6 is 15.9 Å². The number of amides is 1. The molecule has 1 aromatic heterocycles.